The van der Waals surface area contributed by atoms with Crippen molar-refractivity contribution in [3.63, 3.8) is 0 Å². The van der Waals surface area contributed by atoms with Crippen molar-refractivity contribution in [1.29, 1.82) is 0 Å². The number of nitrogens with zero attached hydrogens (tertiary/aromatic N) is 2. The zero-order valence-electron chi connectivity index (χ0n) is 9.77. The Kier molecular flexibility index (Phi) is 3.59. The average molecular weight is 249 g/mol. The second-order valence-corrected chi connectivity index (χ2v) is 3.97. The Morgan fingerprint density at radius 1 is 1.35 bits per heavy atom. The molecule has 0 bridgehead atoms. The molecule has 0 saturated heterocycles. The molecule has 0 N–H and O–H groups in total. The van der Waals surface area contributed by atoms with Gasteiger partial charge in [0.25, 0.3) is 0 Å². The zero-order valence-corrected chi connectivity index (χ0v) is 10.5. The lowest BCUT2D eigenvalue weighted by molar-refractivity contribution is 0.340. The summed E-state index contributed by atoms with van der Waals surface area (Å²) in [5.74, 6) is 0.833. The fraction of sp³-hybridized carbons (Fsp3) is 0.231. The molecule has 88 valence electrons. The Balaban J connectivity index is 2.45. The van der Waals surface area contributed by atoms with Crippen LogP contribution in [-0.4, -0.2) is 16.6 Å². The summed E-state index contributed by atoms with van der Waals surface area (Å²) in [4.78, 5) is 8.19. The lowest BCUT2D eigenvalue weighted by atomic mass is 10.1. The smallest absolute Gasteiger partial charge is 0.222 e. The number of aromatic nitrogens is 2. The average Bonchev–Trinajstić information content (AvgIpc) is 2.33. The van der Waals surface area contributed by atoms with Crippen molar-refractivity contribution < 1.29 is 4.74 Å². The fourth-order valence-corrected chi connectivity index (χ4v) is 1.75. The van der Waals surface area contributed by atoms with Crippen LogP contribution in [0.3, 0.4) is 0 Å². The van der Waals surface area contributed by atoms with Crippen molar-refractivity contribution in [3.05, 3.63) is 41.3 Å². The summed E-state index contributed by atoms with van der Waals surface area (Å²) >= 11 is 5.81. The second kappa shape index (κ2) is 5.15. The van der Waals surface area contributed by atoms with Crippen LogP contribution in [0.5, 0.6) is 5.75 Å². The third-order valence-electron chi connectivity index (χ3n) is 2.36. The highest BCUT2D eigenvalue weighted by Crippen LogP contribution is 2.25. The summed E-state index contributed by atoms with van der Waals surface area (Å²) in [6.07, 6.45) is 1.72. The van der Waals surface area contributed by atoms with Crippen LogP contribution < -0.4 is 4.74 Å². The Hall–Kier alpha value is -1.61. The Bertz CT molecular complexity index is 529. The van der Waals surface area contributed by atoms with E-state index in [9.17, 15) is 0 Å². The highest BCUT2D eigenvalue weighted by atomic mass is 35.5. The molecule has 1 aromatic heterocycles. The molecule has 0 aliphatic carbocycles. The van der Waals surface area contributed by atoms with Crippen molar-refractivity contribution in [3.8, 4) is 17.0 Å². The van der Waals surface area contributed by atoms with E-state index in [0.717, 1.165) is 22.6 Å². The van der Waals surface area contributed by atoms with Gasteiger partial charge in [0, 0.05) is 11.8 Å². The van der Waals surface area contributed by atoms with E-state index in [0.29, 0.717) is 6.61 Å². The maximum Gasteiger partial charge on any atom is 0.222 e. The van der Waals surface area contributed by atoms with E-state index >= 15 is 0 Å². The molecule has 2 aromatic rings. The van der Waals surface area contributed by atoms with Crippen LogP contribution in [0.1, 0.15) is 12.5 Å². The molecule has 1 aromatic carbocycles. The van der Waals surface area contributed by atoms with Crippen molar-refractivity contribution in [2.45, 2.75) is 13.8 Å². The van der Waals surface area contributed by atoms with Gasteiger partial charge in [-0.15, -0.1) is 0 Å². The van der Waals surface area contributed by atoms with Gasteiger partial charge in [0.1, 0.15) is 5.75 Å². The van der Waals surface area contributed by atoms with Crippen LogP contribution in [-0.2, 0) is 0 Å². The van der Waals surface area contributed by atoms with Gasteiger partial charge < -0.3 is 4.74 Å². The summed E-state index contributed by atoms with van der Waals surface area (Å²) in [6.45, 7) is 4.56. The second-order valence-electron chi connectivity index (χ2n) is 3.63. The molecule has 0 unspecified atom stereocenters. The Morgan fingerprint density at radius 3 is 2.94 bits per heavy atom. The van der Waals surface area contributed by atoms with Crippen LogP contribution in [0.15, 0.2) is 30.5 Å². The number of aryl methyl sites for hydroxylation is 1. The van der Waals surface area contributed by atoms with Crippen molar-refractivity contribution >= 4 is 11.6 Å². The molecular weight excluding hydrogens is 236 g/mol. The number of halogens is 1. The molecule has 0 radical (unpaired) electrons. The molecule has 0 amide bonds. The maximum absolute atomic E-state index is 5.81. The lowest BCUT2D eigenvalue weighted by Crippen LogP contribution is -1.94. The monoisotopic (exact) mass is 248 g/mol. The van der Waals surface area contributed by atoms with E-state index in [2.05, 4.69) is 9.97 Å². The summed E-state index contributed by atoms with van der Waals surface area (Å²) in [5, 5.41) is 0.257. The standard InChI is InChI=1S/C13H13ClN2O/c1-3-17-11-6-4-5-10(7-11)12-9(2)8-15-13(14)16-12/h4-8H,3H2,1-2H3. The van der Waals surface area contributed by atoms with Gasteiger partial charge in [-0.1, -0.05) is 12.1 Å². The molecule has 0 aliphatic rings. The minimum absolute atomic E-state index is 0.257. The SMILES string of the molecule is CCOc1cccc(-c2nc(Cl)ncc2C)c1. The predicted molar refractivity (Wildman–Crippen MR) is 68.4 cm³/mol. The van der Waals surface area contributed by atoms with E-state index < -0.39 is 0 Å². The number of benzene rings is 1. The third kappa shape index (κ3) is 2.74. The number of hydrogen-bond donors (Lipinski definition) is 0. The van der Waals surface area contributed by atoms with Crippen molar-refractivity contribution in [2.24, 2.45) is 0 Å². The Labute approximate surface area is 105 Å². The van der Waals surface area contributed by atoms with Gasteiger partial charge >= 0.3 is 0 Å². The van der Waals surface area contributed by atoms with E-state index in [-0.39, 0.29) is 5.28 Å². The first-order chi connectivity index (χ1) is 8.20. The van der Waals surface area contributed by atoms with E-state index in [4.69, 9.17) is 16.3 Å². The fourth-order valence-electron chi connectivity index (χ4n) is 1.61. The molecule has 1 heterocycles. The van der Waals surface area contributed by atoms with Crippen LogP contribution in [0, 0.1) is 6.92 Å². The zero-order chi connectivity index (χ0) is 12.3. The van der Waals surface area contributed by atoms with Crippen LogP contribution in [0.4, 0.5) is 0 Å². The highest BCUT2D eigenvalue weighted by molar-refractivity contribution is 6.28. The first-order valence-electron chi connectivity index (χ1n) is 5.43. The van der Waals surface area contributed by atoms with Gasteiger partial charge in [0.05, 0.1) is 12.3 Å². The first-order valence-corrected chi connectivity index (χ1v) is 5.81. The molecule has 17 heavy (non-hydrogen) atoms. The normalized spacial score (nSPS) is 10.3. The lowest BCUT2D eigenvalue weighted by Gasteiger charge is -2.07. The molecule has 3 nitrogen and oxygen atoms in total. The minimum Gasteiger partial charge on any atom is -0.494 e. The minimum atomic E-state index is 0.257. The van der Waals surface area contributed by atoms with E-state index in [1.165, 1.54) is 0 Å². The summed E-state index contributed by atoms with van der Waals surface area (Å²) in [6, 6.07) is 7.80. The predicted octanol–water partition coefficient (Wildman–Crippen LogP) is 3.50. The van der Waals surface area contributed by atoms with Crippen LogP contribution >= 0.6 is 11.6 Å². The van der Waals surface area contributed by atoms with Crippen LogP contribution in [0.2, 0.25) is 5.28 Å². The number of hydrogen-bond acceptors (Lipinski definition) is 3. The third-order valence-corrected chi connectivity index (χ3v) is 2.54. The molecule has 0 fully saturated rings. The first kappa shape index (κ1) is 11.9. The van der Waals surface area contributed by atoms with Crippen molar-refractivity contribution in [2.75, 3.05) is 6.61 Å². The van der Waals surface area contributed by atoms with Gasteiger partial charge in [-0.2, -0.15) is 0 Å². The Morgan fingerprint density at radius 2 is 2.18 bits per heavy atom. The number of rotatable bonds is 3. The molecule has 2 rings (SSSR count). The molecular formula is C13H13ClN2O. The highest BCUT2D eigenvalue weighted by Gasteiger charge is 2.06. The quantitative estimate of drug-likeness (QED) is 0.780. The summed E-state index contributed by atoms with van der Waals surface area (Å²) in [7, 11) is 0. The molecule has 4 heteroatoms. The van der Waals surface area contributed by atoms with Crippen LogP contribution in [0.25, 0.3) is 11.3 Å². The van der Waals surface area contributed by atoms with Gasteiger partial charge in [0.15, 0.2) is 0 Å². The largest absolute Gasteiger partial charge is 0.494 e. The topological polar surface area (TPSA) is 35.0 Å². The molecule has 0 aliphatic heterocycles. The van der Waals surface area contributed by atoms with Gasteiger partial charge in [0.2, 0.25) is 5.28 Å². The van der Waals surface area contributed by atoms with E-state index in [1.807, 2.05) is 38.1 Å². The van der Waals surface area contributed by atoms with Gasteiger partial charge in [-0.25, -0.2) is 9.97 Å². The van der Waals surface area contributed by atoms with Crippen molar-refractivity contribution in [1.82, 2.24) is 9.97 Å². The maximum atomic E-state index is 5.81. The van der Waals surface area contributed by atoms with Gasteiger partial charge in [-0.3, -0.25) is 0 Å². The van der Waals surface area contributed by atoms with E-state index in [1.54, 1.807) is 6.20 Å². The molecule has 0 saturated carbocycles. The molecule has 0 atom stereocenters. The summed E-state index contributed by atoms with van der Waals surface area (Å²) in [5.41, 5.74) is 2.81. The number of ether oxygens (including phenoxy) is 1. The van der Waals surface area contributed by atoms with Gasteiger partial charge in [-0.05, 0) is 43.1 Å². The summed E-state index contributed by atoms with van der Waals surface area (Å²) < 4.78 is 5.46. The molecule has 0 spiro atoms.